The smallest absolute Gasteiger partial charge is 0.373 e. The van der Waals surface area contributed by atoms with E-state index in [4.69, 9.17) is 13.9 Å². The minimum Gasteiger partial charge on any atom is -0.493 e. The highest BCUT2D eigenvalue weighted by molar-refractivity contribution is 5.86. The van der Waals surface area contributed by atoms with Crippen molar-refractivity contribution in [2.75, 3.05) is 33.9 Å². The fraction of sp³-hybridized carbons (Fsp3) is 0.476. The first-order valence-electron chi connectivity index (χ1n) is 9.52. The third kappa shape index (κ3) is 5.29. The molecule has 158 valence electrons. The molecule has 8 nitrogen and oxygen atoms in total. The summed E-state index contributed by atoms with van der Waals surface area (Å²) in [5, 5.41) is 19.4. The largest absolute Gasteiger partial charge is 0.493 e. The Hall–Kier alpha value is -2.55. The summed E-state index contributed by atoms with van der Waals surface area (Å²) >= 11 is 0. The van der Waals surface area contributed by atoms with Gasteiger partial charge in [0.2, 0.25) is 5.76 Å². The number of carbonyl (C=O) groups is 1. The van der Waals surface area contributed by atoms with Crippen LogP contribution in [0.4, 0.5) is 0 Å². The Labute approximate surface area is 169 Å². The second kappa shape index (κ2) is 9.78. The molecule has 1 aliphatic rings. The van der Waals surface area contributed by atoms with Crippen molar-refractivity contribution in [2.24, 2.45) is 5.92 Å². The number of esters is 1. The topological polar surface area (TPSA) is 102 Å². The Bertz CT molecular complexity index is 819. The quantitative estimate of drug-likeness (QED) is 0.642. The van der Waals surface area contributed by atoms with E-state index in [0.717, 1.165) is 18.5 Å². The van der Waals surface area contributed by atoms with E-state index in [-0.39, 0.29) is 24.9 Å². The summed E-state index contributed by atoms with van der Waals surface area (Å²) < 4.78 is 21.2. The summed E-state index contributed by atoms with van der Waals surface area (Å²) in [6, 6.07) is 8.88. The van der Waals surface area contributed by atoms with Crippen LogP contribution in [0.3, 0.4) is 0 Å². The fourth-order valence-electron chi connectivity index (χ4n) is 3.40. The highest BCUT2D eigenvalue weighted by atomic mass is 16.5. The minimum atomic E-state index is -0.536. The van der Waals surface area contributed by atoms with Gasteiger partial charge in [0, 0.05) is 25.6 Å². The molecule has 1 aromatic heterocycles. The van der Waals surface area contributed by atoms with Crippen LogP contribution >= 0.6 is 0 Å². The third-order valence-electron chi connectivity index (χ3n) is 5.09. The summed E-state index contributed by atoms with van der Waals surface area (Å²) in [7, 11) is 2.87. The normalized spacial score (nSPS) is 19.7. The number of piperidine rings is 1. The molecule has 0 amide bonds. The number of hydrogen-bond donors (Lipinski definition) is 2. The number of likely N-dealkylation sites (tertiary alicyclic amines) is 1. The van der Waals surface area contributed by atoms with Gasteiger partial charge in [-0.25, -0.2) is 4.79 Å². The van der Waals surface area contributed by atoms with E-state index in [9.17, 15) is 15.0 Å². The van der Waals surface area contributed by atoms with Crippen molar-refractivity contribution in [1.82, 2.24) is 4.90 Å². The maximum Gasteiger partial charge on any atom is 0.373 e. The van der Waals surface area contributed by atoms with Crippen molar-refractivity contribution in [3.63, 3.8) is 0 Å². The lowest BCUT2D eigenvalue weighted by Crippen LogP contribution is -2.44. The SMILES string of the molecule is COC(=O)c1ccc(COc2ccc(CN3CC[C@H](CO)[C@H](O)C3)cc2OC)o1. The predicted molar refractivity (Wildman–Crippen MR) is 104 cm³/mol. The van der Waals surface area contributed by atoms with Crippen LogP contribution in [0.15, 0.2) is 34.7 Å². The standard InChI is InChI=1S/C21H27NO7/c1-26-20-9-14(10-22-8-7-15(12-23)17(24)11-22)3-5-18(20)28-13-16-4-6-19(29-16)21(25)27-2/h3-6,9,15,17,23-24H,7-8,10-13H2,1-2H3/t15-,17-/m1/s1. The number of hydrogen-bond acceptors (Lipinski definition) is 8. The van der Waals surface area contributed by atoms with Gasteiger partial charge >= 0.3 is 5.97 Å². The van der Waals surface area contributed by atoms with E-state index in [1.807, 2.05) is 18.2 Å². The molecule has 1 aliphatic heterocycles. The van der Waals surface area contributed by atoms with E-state index in [2.05, 4.69) is 9.64 Å². The molecule has 0 aliphatic carbocycles. The van der Waals surface area contributed by atoms with Gasteiger partial charge in [0.25, 0.3) is 0 Å². The maximum absolute atomic E-state index is 11.4. The first kappa shape index (κ1) is 21.2. The number of aliphatic hydroxyl groups is 2. The lowest BCUT2D eigenvalue weighted by Gasteiger charge is -2.35. The molecular formula is C21H27NO7. The van der Waals surface area contributed by atoms with Crippen LogP contribution in [-0.2, 0) is 17.9 Å². The second-order valence-corrected chi connectivity index (χ2v) is 7.07. The molecule has 8 heteroatoms. The van der Waals surface area contributed by atoms with E-state index in [1.165, 1.54) is 7.11 Å². The van der Waals surface area contributed by atoms with Gasteiger partial charge in [-0.3, -0.25) is 4.90 Å². The third-order valence-corrected chi connectivity index (χ3v) is 5.09. The summed E-state index contributed by atoms with van der Waals surface area (Å²) in [5.74, 6) is 1.20. The predicted octanol–water partition coefficient (Wildman–Crippen LogP) is 1.83. The van der Waals surface area contributed by atoms with Gasteiger partial charge < -0.3 is 28.8 Å². The molecule has 0 unspecified atom stereocenters. The maximum atomic E-state index is 11.4. The Morgan fingerprint density at radius 2 is 2.07 bits per heavy atom. The summed E-state index contributed by atoms with van der Waals surface area (Å²) in [4.78, 5) is 13.6. The van der Waals surface area contributed by atoms with Crippen LogP contribution in [0.25, 0.3) is 0 Å². The molecule has 1 aromatic carbocycles. The van der Waals surface area contributed by atoms with Gasteiger partial charge in [-0.1, -0.05) is 6.07 Å². The number of aliphatic hydroxyl groups excluding tert-OH is 2. The first-order chi connectivity index (χ1) is 14.0. The molecule has 0 spiro atoms. The summed E-state index contributed by atoms with van der Waals surface area (Å²) in [6.45, 7) is 2.20. The highest BCUT2D eigenvalue weighted by Crippen LogP contribution is 2.30. The van der Waals surface area contributed by atoms with E-state index >= 15 is 0 Å². The molecular weight excluding hydrogens is 378 g/mol. The van der Waals surface area contributed by atoms with Gasteiger partial charge in [-0.15, -0.1) is 0 Å². The monoisotopic (exact) mass is 405 g/mol. The van der Waals surface area contributed by atoms with Crippen LogP contribution in [0.1, 0.15) is 28.3 Å². The number of furan rings is 1. The fourth-order valence-corrected chi connectivity index (χ4v) is 3.40. The molecule has 0 bridgehead atoms. The van der Waals surface area contributed by atoms with Gasteiger partial charge in [0.1, 0.15) is 12.4 Å². The number of ether oxygens (including phenoxy) is 3. The van der Waals surface area contributed by atoms with Crippen LogP contribution in [0, 0.1) is 5.92 Å². The van der Waals surface area contributed by atoms with Crippen molar-refractivity contribution >= 4 is 5.97 Å². The summed E-state index contributed by atoms with van der Waals surface area (Å²) in [6.07, 6.45) is 0.258. The van der Waals surface area contributed by atoms with Crippen LogP contribution in [-0.4, -0.2) is 61.1 Å². The highest BCUT2D eigenvalue weighted by Gasteiger charge is 2.27. The zero-order valence-corrected chi connectivity index (χ0v) is 16.7. The lowest BCUT2D eigenvalue weighted by atomic mass is 9.94. The number of benzene rings is 1. The summed E-state index contributed by atoms with van der Waals surface area (Å²) in [5.41, 5.74) is 1.04. The lowest BCUT2D eigenvalue weighted by molar-refractivity contribution is -0.00446. The van der Waals surface area contributed by atoms with Gasteiger partial charge in [-0.05, 0) is 42.8 Å². The van der Waals surface area contributed by atoms with Crippen LogP contribution in [0.5, 0.6) is 11.5 Å². The molecule has 1 saturated heterocycles. The average molecular weight is 405 g/mol. The molecule has 1 fully saturated rings. The van der Waals surface area contributed by atoms with Crippen LogP contribution in [0.2, 0.25) is 0 Å². The number of methoxy groups -OCH3 is 2. The van der Waals surface area contributed by atoms with E-state index in [0.29, 0.717) is 30.3 Å². The number of rotatable bonds is 8. The zero-order valence-electron chi connectivity index (χ0n) is 16.7. The molecule has 29 heavy (non-hydrogen) atoms. The zero-order chi connectivity index (χ0) is 20.8. The Morgan fingerprint density at radius 3 is 2.76 bits per heavy atom. The Balaban J connectivity index is 1.60. The van der Waals surface area contributed by atoms with Crippen LogP contribution < -0.4 is 9.47 Å². The average Bonchev–Trinajstić information content (AvgIpc) is 3.21. The Morgan fingerprint density at radius 1 is 1.24 bits per heavy atom. The molecule has 0 radical (unpaired) electrons. The van der Waals surface area contributed by atoms with Gasteiger partial charge in [0.05, 0.1) is 20.3 Å². The number of β-amino-alcohol motifs (C(OH)–C–C–N with tert-alkyl or cyclic N) is 1. The van der Waals surface area contributed by atoms with Crippen molar-refractivity contribution in [3.05, 3.63) is 47.4 Å². The van der Waals surface area contributed by atoms with E-state index < -0.39 is 12.1 Å². The van der Waals surface area contributed by atoms with Gasteiger partial charge in [-0.2, -0.15) is 0 Å². The first-order valence-corrected chi connectivity index (χ1v) is 9.52. The number of carbonyl (C=O) groups excluding carboxylic acids is 1. The van der Waals surface area contributed by atoms with Crippen molar-refractivity contribution in [1.29, 1.82) is 0 Å². The second-order valence-electron chi connectivity index (χ2n) is 7.07. The van der Waals surface area contributed by atoms with Crippen molar-refractivity contribution in [2.45, 2.75) is 25.7 Å². The molecule has 2 aromatic rings. The number of nitrogens with zero attached hydrogens (tertiary/aromatic N) is 1. The molecule has 0 saturated carbocycles. The van der Waals surface area contributed by atoms with E-state index in [1.54, 1.807) is 19.2 Å². The molecule has 2 heterocycles. The van der Waals surface area contributed by atoms with Crippen molar-refractivity contribution in [3.8, 4) is 11.5 Å². The molecule has 3 rings (SSSR count). The minimum absolute atomic E-state index is 0.0195. The van der Waals surface area contributed by atoms with Gasteiger partial charge in [0.15, 0.2) is 11.5 Å². The van der Waals surface area contributed by atoms with Crippen molar-refractivity contribution < 1.29 is 33.6 Å². The molecule has 2 atom stereocenters. The Kier molecular flexibility index (Phi) is 7.13. The molecule has 2 N–H and O–H groups in total.